The molecular formula is C27H29N3O2S. The van der Waals surface area contributed by atoms with E-state index in [2.05, 4.69) is 52.5 Å². The minimum absolute atomic E-state index is 0.0846. The molecule has 2 aromatic carbocycles. The van der Waals surface area contributed by atoms with Crippen LogP contribution in [-0.4, -0.2) is 35.4 Å². The van der Waals surface area contributed by atoms with Gasteiger partial charge in [-0.05, 0) is 69.5 Å². The monoisotopic (exact) mass is 459 g/mol. The Morgan fingerprint density at radius 3 is 2.64 bits per heavy atom. The molecule has 1 saturated heterocycles. The van der Waals surface area contributed by atoms with E-state index < -0.39 is 0 Å². The summed E-state index contributed by atoms with van der Waals surface area (Å²) in [4.78, 5) is 31.4. The summed E-state index contributed by atoms with van der Waals surface area (Å²) < 4.78 is 0.882. The third kappa shape index (κ3) is 4.72. The van der Waals surface area contributed by atoms with Gasteiger partial charge in [-0.3, -0.25) is 14.5 Å². The van der Waals surface area contributed by atoms with E-state index in [0.717, 1.165) is 53.6 Å². The zero-order chi connectivity index (χ0) is 22.9. The molecule has 0 radical (unpaired) electrons. The maximum atomic E-state index is 12.9. The normalized spacial score (nSPS) is 15.3. The molecule has 0 saturated carbocycles. The first kappa shape index (κ1) is 21.9. The van der Waals surface area contributed by atoms with Crippen molar-refractivity contribution >= 4 is 38.2 Å². The molecular weight excluding hydrogens is 430 g/mol. The van der Waals surface area contributed by atoms with Gasteiger partial charge in [-0.25, -0.2) is 0 Å². The van der Waals surface area contributed by atoms with E-state index in [4.69, 9.17) is 0 Å². The lowest BCUT2D eigenvalue weighted by atomic mass is 9.96. The van der Waals surface area contributed by atoms with Crippen molar-refractivity contribution in [1.82, 2.24) is 15.2 Å². The van der Waals surface area contributed by atoms with Gasteiger partial charge in [0.25, 0.3) is 11.5 Å². The molecule has 170 valence electrons. The molecule has 0 unspecified atom stereocenters. The van der Waals surface area contributed by atoms with Crippen LogP contribution < -0.4 is 10.9 Å². The number of nitrogens with zero attached hydrogens (tertiary/aromatic N) is 1. The zero-order valence-corrected chi connectivity index (χ0v) is 19.9. The van der Waals surface area contributed by atoms with Crippen LogP contribution in [0.15, 0.2) is 53.3 Å². The SMILES string of the molecule is Cc1cccc(CN2CCC(CNC(=O)c3cc4c(=O)[nH]c5ccc(C)cc5c4s3)CC2)c1. The van der Waals surface area contributed by atoms with Crippen molar-refractivity contribution in [2.45, 2.75) is 33.2 Å². The van der Waals surface area contributed by atoms with Crippen LogP contribution in [-0.2, 0) is 6.54 Å². The highest BCUT2D eigenvalue weighted by atomic mass is 32.1. The topological polar surface area (TPSA) is 65.2 Å². The van der Waals surface area contributed by atoms with Gasteiger partial charge in [0.15, 0.2) is 0 Å². The lowest BCUT2D eigenvalue weighted by Crippen LogP contribution is -2.38. The Bertz CT molecular complexity index is 1380. The minimum atomic E-state index is -0.141. The van der Waals surface area contributed by atoms with Crippen molar-refractivity contribution in [3.63, 3.8) is 0 Å². The van der Waals surface area contributed by atoms with Crippen LogP contribution in [0.4, 0.5) is 0 Å². The van der Waals surface area contributed by atoms with Gasteiger partial charge < -0.3 is 10.3 Å². The number of H-pyrrole nitrogens is 1. The summed E-state index contributed by atoms with van der Waals surface area (Å²) in [5.41, 5.74) is 4.46. The Balaban J connectivity index is 1.21. The first-order valence-electron chi connectivity index (χ1n) is 11.6. The second kappa shape index (κ2) is 9.12. The van der Waals surface area contributed by atoms with Gasteiger partial charge >= 0.3 is 0 Å². The van der Waals surface area contributed by atoms with Gasteiger partial charge in [-0.1, -0.05) is 41.5 Å². The fraction of sp³-hybridized carbons (Fsp3) is 0.333. The smallest absolute Gasteiger partial charge is 0.261 e. The third-order valence-corrected chi connectivity index (χ3v) is 7.78. The van der Waals surface area contributed by atoms with Crippen LogP contribution in [0.5, 0.6) is 0 Å². The average Bonchev–Trinajstić information content (AvgIpc) is 3.26. The van der Waals surface area contributed by atoms with Crippen LogP contribution in [0, 0.1) is 19.8 Å². The summed E-state index contributed by atoms with van der Waals surface area (Å²) in [5.74, 6) is 0.405. The van der Waals surface area contributed by atoms with Crippen LogP contribution in [0.1, 0.15) is 39.2 Å². The predicted octanol–water partition coefficient (Wildman–Crippen LogP) is 5.00. The van der Waals surface area contributed by atoms with E-state index in [1.165, 1.54) is 22.5 Å². The molecule has 4 aromatic rings. The van der Waals surface area contributed by atoms with Crippen LogP contribution in [0.25, 0.3) is 21.0 Å². The summed E-state index contributed by atoms with van der Waals surface area (Å²) in [6.07, 6.45) is 2.17. The number of aromatic nitrogens is 1. The summed E-state index contributed by atoms with van der Waals surface area (Å²) in [7, 11) is 0. The van der Waals surface area contributed by atoms with E-state index in [1.54, 1.807) is 6.07 Å². The molecule has 1 aliphatic heterocycles. The number of hydrogen-bond donors (Lipinski definition) is 2. The number of likely N-dealkylation sites (tertiary alicyclic amines) is 1. The highest BCUT2D eigenvalue weighted by Gasteiger charge is 2.21. The van der Waals surface area contributed by atoms with E-state index in [1.807, 2.05) is 19.1 Å². The molecule has 1 amide bonds. The molecule has 2 aromatic heterocycles. The van der Waals surface area contributed by atoms with Gasteiger partial charge in [0, 0.05) is 28.7 Å². The number of piperidine rings is 1. The molecule has 0 bridgehead atoms. The van der Waals surface area contributed by atoms with Gasteiger partial charge in [0.05, 0.1) is 10.3 Å². The van der Waals surface area contributed by atoms with Gasteiger partial charge in [0.1, 0.15) is 0 Å². The van der Waals surface area contributed by atoms with E-state index in [0.29, 0.717) is 22.7 Å². The lowest BCUT2D eigenvalue weighted by molar-refractivity contribution is 0.0939. The van der Waals surface area contributed by atoms with Crippen molar-refractivity contribution < 1.29 is 4.79 Å². The third-order valence-electron chi connectivity index (χ3n) is 6.62. The molecule has 33 heavy (non-hydrogen) atoms. The van der Waals surface area contributed by atoms with Gasteiger partial charge in [0.2, 0.25) is 0 Å². The second-order valence-corrected chi connectivity index (χ2v) is 10.3. The second-order valence-electron chi connectivity index (χ2n) is 9.28. The standard InChI is InChI=1S/C27H29N3O2S/c1-17-4-3-5-20(12-17)16-30-10-8-19(9-11-30)15-28-27(32)24-14-22-25(33-24)21-13-18(2)6-7-23(21)29-26(22)31/h3-7,12-14,19H,8-11,15-16H2,1-2H3,(H,28,32)(H,29,31). The largest absolute Gasteiger partial charge is 0.351 e. The minimum Gasteiger partial charge on any atom is -0.351 e. The molecule has 0 aliphatic carbocycles. The average molecular weight is 460 g/mol. The number of carbonyl (C=O) groups is 1. The molecule has 0 atom stereocenters. The number of benzene rings is 2. The maximum absolute atomic E-state index is 12.9. The number of fused-ring (bicyclic) bond motifs is 3. The molecule has 2 N–H and O–H groups in total. The van der Waals surface area contributed by atoms with Gasteiger partial charge in [-0.2, -0.15) is 0 Å². The van der Waals surface area contributed by atoms with Crippen molar-refractivity contribution in [2.75, 3.05) is 19.6 Å². The first-order valence-corrected chi connectivity index (χ1v) is 12.4. The predicted molar refractivity (Wildman–Crippen MR) is 136 cm³/mol. The highest BCUT2D eigenvalue weighted by molar-refractivity contribution is 7.21. The number of amides is 1. The van der Waals surface area contributed by atoms with E-state index in [-0.39, 0.29) is 11.5 Å². The number of nitrogens with one attached hydrogen (secondary N) is 2. The Morgan fingerprint density at radius 1 is 1.06 bits per heavy atom. The number of aromatic amines is 1. The Kier molecular flexibility index (Phi) is 6.04. The quantitative estimate of drug-likeness (QED) is 0.441. The summed E-state index contributed by atoms with van der Waals surface area (Å²) in [5, 5.41) is 4.71. The molecule has 3 heterocycles. The Labute approximate surface area is 197 Å². The van der Waals surface area contributed by atoms with Crippen molar-refractivity contribution in [3.8, 4) is 0 Å². The van der Waals surface area contributed by atoms with E-state index >= 15 is 0 Å². The summed E-state index contributed by atoms with van der Waals surface area (Å²) in [6.45, 7) is 7.95. The molecule has 1 aliphatic rings. The fourth-order valence-corrected chi connectivity index (χ4v) is 5.86. The molecule has 1 fully saturated rings. The number of hydrogen-bond acceptors (Lipinski definition) is 4. The summed E-state index contributed by atoms with van der Waals surface area (Å²) in [6, 6.07) is 16.4. The Morgan fingerprint density at radius 2 is 1.85 bits per heavy atom. The van der Waals surface area contributed by atoms with Gasteiger partial charge in [-0.15, -0.1) is 11.3 Å². The van der Waals surface area contributed by atoms with Crippen molar-refractivity contribution in [2.24, 2.45) is 5.92 Å². The molecule has 5 nitrogen and oxygen atoms in total. The molecule has 0 spiro atoms. The number of carbonyl (C=O) groups excluding carboxylic acids is 1. The maximum Gasteiger partial charge on any atom is 0.261 e. The van der Waals surface area contributed by atoms with E-state index in [9.17, 15) is 9.59 Å². The number of pyridine rings is 1. The first-order chi connectivity index (χ1) is 16.0. The highest BCUT2D eigenvalue weighted by Crippen LogP contribution is 2.30. The fourth-order valence-electron chi connectivity index (χ4n) is 4.76. The van der Waals surface area contributed by atoms with Crippen LogP contribution in [0.3, 0.4) is 0 Å². The Hall–Kier alpha value is -2.96. The summed E-state index contributed by atoms with van der Waals surface area (Å²) >= 11 is 1.41. The lowest BCUT2D eigenvalue weighted by Gasteiger charge is -2.32. The van der Waals surface area contributed by atoms with Crippen molar-refractivity contribution in [3.05, 3.63) is 80.5 Å². The van der Waals surface area contributed by atoms with Crippen molar-refractivity contribution in [1.29, 1.82) is 0 Å². The number of rotatable bonds is 5. The number of thiophene rings is 1. The molecule has 5 rings (SSSR count). The van der Waals surface area contributed by atoms with Crippen LogP contribution >= 0.6 is 11.3 Å². The zero-order valence-electron chi connectivity index (χ0n) is 19.1. The molecule has 6 heteroatoms. The van der Waals surface area contributed by atoms with Crippen LogP contribution in [0.2, 0.25) is 0 Å². The number of aryl methyl sites for hydroxylation is 2.